The minimum Gasteiger partial charge on any atom is -0.313 e. The highest BCUT2D eigenvalue weighted by Gasteiger charge is 2.07. The number of benzene rings is 2. The molecule has 3 rings (SSSR count). The molecule has 0 radical (unpaired) electrons. The van der Waals surface area contributed by atoms with Crippen LogP contribution in [0.3, 0.4) is 0 Å². The Labute approximate surface area is 133 Å². The lowest BCUT2D eigenvalue weighted by Crippen LogP contribution is -2.13. The fraction of sp³-hybridized carbons (Fsp3) is 0.235. The van der Waals surface area contributed by atoms with Gasteiger partial charge in [0, 0.05) is 11.0 Å². The van der Waals surface area contributed by atoms with Crippen molar-refractivity contribution in [1.29, 1.82) is 0 Å². The summed E-state index contributed by atoms with van der Waals surface area (Å²) in [6, 6.07) is 14.6. The van der Waals surface area contributed by atoms with Crippen LogP contribution >= 0.6 is 15.9 Å². The van der Waals surface area contributed by atoms with Crippen LogP contribution < -0.4 is 5.32 Å². The van der Waals surface area contributed by atoms with Crippen molar-refractivity contribution in [2.75, 3.05) is 6.54 Å². The van der Waals surface area contributed by atoms with E-state index in [2.05, 4.69) is 62.0 Å². The summed E-state index contributed by atoms with van der Waals surface area (Å²) in [5.41, 5.74) is 4.53. The van der Waals surface area contributed by atoms with Crippen molar-refractivity contribution in [1.82, 2.24) is 14.9 Å². The maximum atomic E-state index is 4.45. The molecule has 0 aliphatic rings. The van der Waals surface area contributed by atoms with Crippen molar-refractivity contribution in [3.8, 4) is 5.69 Å². The van der Waals surface area contributed by atoms with Crippen LogP contribution in [0.4, 0.5) is 0 Å². The lowest BCUT2D eigenvalue weighted by Gasteiger charge is -2.10. The first kappa shape index (κ1) is 14.3. The fourth-order valence-electron chi connectivity index (χ4n) is 2.42. The Balaban J connectivity index is 1.92. The lowest BCUT2D eigenvalue weighted by molar-refractivity contribution is 0.675. The maximum Gasteiger partial charge on any atom is 0.100 e. The van der Waals surface area contributed by atoms with Gasteiger partial charge in [0.1, 0.15) is 6.33 Å². The molecule has 108 valence electrons. The number of aromatic nitrogens is 2. The van der Waals surface area contributed by atoms with Gasteiger partial charge in [0.2, 0.25) is 0 Å². The van der Waals surface area contributed by atoms with Crippen molar-refractivity contribution in [2.24, 2.45) is 0 Å². The van der Waals surface area contributed by atoms with Gasteiger partial charge in [-0.25, -0.2) is 4.98 Å². The molecule has 0 spiro atoms. The minimum absolute atomic E-state index is 0.900. The Kier molecular flexibility index (Phi) is 4.36. The third-order valence-electron chi connectivity index (χ3n) is 3.48. The van der Waals surface area contributed by atoms with E-state index in [1.165, 1.54) is 5.56 Å². The molecule has 0 aliphatic heterocycles. The van der Waals surface area contributed by atoms with Crippen LogP contribution in [-0.4, -0.2) is 16.1 Å². The fourth-order valence-corrected chi connectivity index (χ4v) is 3.03. The zero-order chi connectivity index (χ0) is 14.7. The molecule has 0 amide bonds. The van der Waals surface area contributed by atoms with Crippen LogP contribution in [0.25, 0.3) is 16.7 Å². The Hall–Kier alpha value is -1.65. The number of hydrogen-bond donors (Lipinski definition) is 1. The SMILES string of the molecule is CCCNCc1ccc(-n2cnc3ccccc32)c(Br)c1. The molecule has 0 fully saturated rings. The van der Waals surface area contributed by atoms with Gasteiger partial charge in [-0.15, -0.1) is 0 Å². The van der Waals surface area contributed by atoms with Gasteiger partial charge < -0.3 is 5.32 Å². The van der Waals surface area contributed by atoms with Crippen molar-refractivity contribution in [3.63, 3.8) is 0 Å². The van der Waals surface area contributed by atoms with Crippen LogP contribution in [0.5, 0.6) is 0 Å². The zero-order valence-electron chi connectivity index (χ0n) is 12.0. The monoisotopic (exact) mass is 343 g/mol. The van der Waals surface area contributed by atoms with Crippen LogP contribution in [0.15, 0.2) is 53.3 Å². The third kappa shape index (κ3) is 3.01. The summed E-state index contributed by atoms with van der Waals surface area (Å²) in [6.07, 6.45) is 3.03. The molecular weight excluding hydrogens is 326 g/mol. The van der Waals surface area contributed by atoms with Crippen molar-refractivity contribution in [2.45, 2.75) is 19.9 Å². The average Bonchev–Trinajstić information content (AvgIpc) is 2.92. The molecule has 21 heavy (non-hydrogen) atoms. The van der Waals surface area contributed by atoms with Crippen LogP contribution in [-0.2, 0) is 6.54 Å². The van der Waals surface area contributed by atoms with Gasteiger partial charge in [-0.2, -0.15) is 0 Å². The highest BCUT2D eigenvalue weighted by atomic mass is 79.9. The number of halogens is 1. The van der Waals surface area contributed by atoms with Gasteiger partial charge in [0.15, 0.2) is 0 Å². The molecule has 0 atom stereocenters. The topological polar surface area (TPSA) is 29.9 Å². The summed E-state index contributed by atoms with van der Waals surface area (Å²) in [6.45, 7) is 4.12. The van der Waals surface area contributed by atoms with Gasteiger partial charge >= 0.3 is 0 Å². The summed E-state index contributed by atoms with van der Waals surface area (Å²) in [4.78, 5) is 4.45. The second-order valence-corrected chi connectivity index (χ2v) is 5.92. The molecule has 0 unspecified atom stereocenters. The largest absolute Gasteiger partial charge is 0.313 e. The molecule has 1 aromatic heterocycles. The second kappa shape index (κ2) is 6.41. The van der Waals surface area contributed by atoms with Gasteiger partial charge in [-0.1, -0.05) is 25.1 Å². The molecular formula is C17H18BrN3. The summed E-state index contributed by atoms with van der Waals surface area (Å²) in [5, 5.41) is 3.42. The van der Waals surface area contributed by atoms with Gasteiger partial charge in [-0.3, -0.25) is 4.57 Å². The summed E-state index contributed by atoms with van der Waals surface area (Å²) in [7, 11) is 0. The molecule has 3 aromatic rings. The predicted octanol–water partition coefficient (Wildman–Crippen LogP) is 4.29. The molecule has 2 aromatic carbocycles. The number of rotatable bonds is 5. The van der Waals surface area contributed by atoms with Gasteiger partial charge in [0.05, 0.1) is 16.7 Å². The standard InChI is InChI=1S/C17H18BrN3/c1-2-9-19-11-13-7-8-16(14(18)10-13)21-12-20-15-5-3-4-6-17(15)21/h3-8,10,12,19H,2,9,11H2,1H3. The van der Waals surface area contributed by atoms with Crippen molar-refractivity contribution in [3.05, 3.63) is 58.8 Å². The van der Waals surface area contributed by atoms with Crippen LogP contribution in [0.2, 0.25) is 0 Å². The molecule has 0 saturated heterocycles. The van der Waals surface area contributed by atoms with E-state index >= 15 is 0 Å². The molecule has 1 N–H and O–H groups in total. The first-order valence-electron chi connectivity index (χ1n) is 7.21. The number of hydrogen-bond acceptors (Lipinski definition) is 2. The molecule has 1 heterocycles. The quantitative estimate of drug-likeness (QED) is 0.700. The number of nitrogens with zero attached hydrogens (tertiary/aromatic N) is 2. The Morgan fingerprint density at radius 1 is 1.19 bits per heavy atom. The highest BCUT2D eigenvalue weighted by molar-refractivity contribution is 9.10. The van der Waals surface area contributed by atoms with Gasteiger partial charge in [0.25, 0.3) is 0 Å². The average molecular weight is 344 g/mol. The smallest absolute Gasteiger partial charge is 0.100 e. The zero-order valence-corrected chi connectivity index (χ0v) is 13.6. The second-order valence-electron chi connectivity index (χ2n) is 5.07. The highest BCUT2D eigenvalue weighted by Crippen LogP contribution is 2.26. The first-order chi connectivity index (χ1) is 10.3. The summed E-state index contributed by atoms with van der Waals surface area (Å²) < 4.78 is 3.20. The molecule has 0 saturated carbocycles. The maximum absolute atomic E-state index is 4.45. The minimum atomic E-state index is 0.900. The van der Waals surface area contributed by atoms with E-state index in [9.17, 15) is 0 Å². The summed E-state index contributed by atoms with van der Waals surface area (Å²) >= 11 is 3.69. The van der Waals surface area contributed by atoms with Crippen molar-refractivity contribution < 1.29 is 0 Å². The van der Waals surface area contributed by atoms with E-state index in [4.69, 9.17) is 0 Å². The lowest BCUT2D eigenvalue weighted by atomic mass is 10.2. The Bertz CT molecular complexity index is 749. The molecule has 0 aliphatic carbocycles. The van der Waals surface area contributed by atoms with E-state index in [-0.39, 0.29) is 0 Å². The van der Waals surface area contributed by atoms with Gasteiger partial charge in [-0.05, 0) is 58.7 Å². The molecule has 4 heteroatoms. The Morgan fingerprint density at radius 3 is 2.86 bits per heavy atom. The van der Waals surface area contributed by atoms with Crippen LogP contribution in [0, 0.1) is 0 Å². The first-order valence-corrected chi connectivity index (χ1v) is 8.00. The third-order valence-corrected chi connectivity index (χ3v) is 4.12. The normalized spacial score (nSPS) is 11.1. The van der Waals surface area contributed by atoms with Crippen LogP contribution in [0.1, 0.15) is 18.9 Å². The molecule has 0 bridgehead atoms. The van der Waals surface area contributed by atoms with E-state index in [0.717, 1.165) is 40.7 Å². The summed E-state index contributed by atoms with van der Waals surface area (Å²) in [5.74, 6) is 0. The number of imidazole rings is 1. The van der Waals surface area contributed by atoms with E-state index in [1.54, 1.807) is 0 Å². The Morgan fingerprint density at radius 2 is 2.05 bits per heavy atom. The van der Waals surface area contributed by atoms with E-state index in [0.29, 0.717) is 0 Å². The molecule has 3 nitrogen and oxygen atoms in total. The van der Waals surface area contributed by atoms with E-state index in [1.807, 2.05) is 24.5 Å². The number of nitrogens with one attached hydrogen (secondary N) is 1. The predicted molar refractivity (Wildman–Crippen MR) is 90.8 cm³/mol. The number of fused-ring (bicyclic) bond motifs is 1. The van der Waals surface area contributed by atoms with Crippen molar-refractivity contribution >= 4 is 27.0 Å². The number of para-hydroxylation sites is 2. The van der Waals surface area contributed by atoms with E-state index < -0.39 is 0 Å².